The van der Waals surface area contributed by atoms with Crippen molar-refractivity contribution in [3.8, 4) is 5.75 Å². The Morgan fingerprint density at radius 1 is 1.07 bits per heavy atom. The van der Waals surface area contributed by atoms with Crippen LogP contribution in [0, 0.1) is 0 Å². The number of guanidine groups is 1. The third-order valence-corrected chi connectivity index (χ3v) is 4.89. The molecule has 7 heteroatoms. The van der Waals surface area contributed by atoms with Gasteiger partial charge in [-0.2, -0.15) is 0 Å². The molecule has 1 aromatic carbocycles. The largest absolute Gasteiger partial charge is 0.496 e. The molecule has 0 bridgehead atoms. The summed E-state index contributed by atoms with van der Waals surface area (Å²) in [6, 6.07) is 8.15. The van der Waals surface area contributed by atoms with E-state index in [1.54, 1.807) is 7.11 Å². The molecule has 0 radical (unpaired) electrons. The zero-order valence-corrected chi connectivity index (χ0v) is 19.4. The average Bonchev–Trinajstić information content (AvgIpc) is 2.68. The Balaban J connectivity index is 0.00000364. The zero-order chi connectivity index (χ0) is 18.6. The van der Waals surface area contributed by atoms with E-state index in [4.69, 9.17) is 4.74 Å². The Bertz CT molecular complexity index is 547. The van der Waals surface area contributed by atoms with Gasteiger partial charge in [0.2, 0.25) is 0 Å². The van der Waals surface area contributed by atoms with Gasteiger partial charge in [0.25, 0.3) is 0 Å². The number of piperazine rings is 1. The van der Waals surface area contributed by atoms with Gasteiger partial charge in [0.05, 0.1) is 7.11 Å². The summed E-state index contributed by atoms with van der Waals surface area (Å²) in [5.74, 6) is 1.82. The minimum Gasteiger partial charge on any atom is -0.496 e. The molecule has 154 valence electrons. The van der Waals surface area contributed by atoms with Crippen molar-refractivity contribution in [3.05, 3.63) is 29.8 Å². The van der Waals surface area contributed by atoms with Crippen LogP contribution in [0.25, 0.3) is 0 Å². The van der Waals surface area contributed by atoms with Crippen molar-refractivity contribution in [2.45, 2.75) is 19.3 Å². The lowest BCUT2D eigenvalue weighted by Crippen LogP contribution is -2.44. The summed E-state index contributed by atoms with van der Waals surface area (Å²) in [6.07, 6.45) is 3.31. The number of methoxy groups -OCH3 is 1. The molecule has 1 aliphatic rings. The molecule has 0 spiro atoms. The van der Waals surface area contributed by atoms with Crippen LogP contribution in [-0.4, -0.2) is 82.8 Å². The van der Waals surface area contributed by atoms with E-state index in [1.807, 2.05) is 25.2 Å². The number of para-hydroxylation sites is 1. The van der Waals surface area contributed by atoms with E-state index >= 15 is 0 Å². The van der Waals surface area contributed by atoms with E-state index in [9.17, 15) is 0 Å². The van der Waals surface area contributed by atoms with Crippen molar-refractivity contribution in [2.75, 3.05) is 67.0 Å². The smallest absolute Gasteiger partial charge is 0.190 e. The Kier molecular flexibility index (Phi) is 12.4. The highest BCUT2D eigenvalue weighted by Gasteiger charge is 2.12. The van der Waals surface area contributed by atoms with Crippen LogP contribution in [0.5, 0.6) is 5.75 Å². The van der Waals surface area contributed by atoms with Gasteiger partial charge in [-0.25, -0.2) is 0 Å². The second-order valence-electron chi connectivity index (χ2n) is 6.84. The van der Waals surface area contributed by atoms with E-state index in [0.717, 1.165) is 31.2 Å². The van der Waals surface area contributed by atoms with Crippen LogP contribution >= 0.6 is 24.0 Å². The van der Waals surface area contributed by atoms with Crippen LogP contribution < -0.4 is 15.4 Å². The van der Waals surface area contributed by atoms with Crippen molar-refractivity contribution in [3.63, 3.8) is 0 Å². The Labute approximate surface area is 181 Å². The lowest BCUT2D eigenvalue weighted by molar-refractivity contribution is 0.152. The fraction of sp³-hybridized carbons (Fsp3) is 0.650. The molecule has 2 N–H and O–H groups in total. The van der Waals surface area contributed by atoms with E-state index in [1.165, 1.54) is 51.1 Å². The van der Waals surface area contributed by atoms with Crippen molar-refractivity contribution in [2.24, 2.45) is 4.99 Å². The second-order valence-corrected chi connectivity index (χ2v) is 6.84. The number of nitrogens with one attached hydrogen (secondary N) is 2. The first-order valence-electron chi connectivity index (χ1n) is 9.70. The molecule has 0 aromatic heterocycles. The van der Waals surface area contributed by atoms with Gasteiger partial charge in [0.15, 0.2) is 5.96 Å². The normalized spacial score (nSPS) is 15.9. The molecule has 0 atom stereocenters. The standard InChI is InChI=1S/C20H35N5O.HI/c1-21-20(23-12-10-18-8-4-5-9-19(18)26-3)22-11-6-7-13-25-16-14-24(2)15-17-25;/h4-5,8-9H,6-7,10-17H2,1-3H3,(H2,21,22,23);1H. The van der Waals surface area contributed by atoms with E-state index in [-0.39, 0.29) is 24.0 Å². The van der Waals surface area contributed by atoms with Crippen molar-refractivity contribution in [1.82, 2.24) is 20.4 Å². The number of hydrogen-bond acceptors (Lipinski definition) is 4. The summed E-state index contributed by atoms with van der Waals surface area (Å²) in [7, 11) is 5.74. The highest BCUT2D eigenvalue weighted by Crippen LogP contribution is 2.17. The topological polar surface area (TPSA) is 52.1 Å². The van der Waals surface area contributed by atoms with E-state index in [0.29, 0.717) is 0 Å². The van der Waals surface area contributed by atoms with Crippen molar-refractivity contribution >= 4 is 29.9 Å². The summed E-state index contributed by atoms with van der Waals surface area (Å²) in [6.45, 7) is 7.80. The van der Waals surface area contributed by atoms with Gasteiger partial charge in [-0.15, -0.1) is 24.0 Å². The van der Waals surface area contributed by atoms with Crippen molar-refractivity contribution < 1.29 is 4.74 Å². The minimum absolute atomic E-state index is 0. The molecule has 1 aliphatic heterocycles. The van der Waals surface area contributed by atoms with Gasteiger partial charge in [-0.3, -0.25) is 4.99 Å². The first kappa shape index (κ1) is 24.0. The molecule has 0 unspecified atom stereocenters. The third kappa shape index (κ3) is 9.12. The number of rotatable bonds is 9. The highest BCUT2D eigenvalue weighted by atomic mass is 127. The molecule has 1 fully saturated rings. The maximum Gasteiger partial charge on any atom is 0.190 e. The van der Waals surface area contributed by atoms with Gasteiger partial charge >= 0.3 is 0 Å². The van der Waals surface area contributed by atoms with Crippen LogP contribution in [0.1, 0.15) is 18.4 Å². The summed E-state index contributed by atoms with van der Waals surface area (Å²) in [5.41, 5.74) is 1.21. The first-order valence-corrected chi connectivity index (χ1v) is 9.70. The molecule has 0 aliphatic carbocycles. The quantitative estimate of drug-likeness (QED) is 0.241. The molecule has 2 rings (SSSR count). The molecular weight excluding hydrogens is 453 g/mol. The summed E-state index contributed by atoms with van der Waals surface area (Å²) < 4.78 is 5.40. The fourth-order valence-electron chi connectivity index (χ4n) is 3.18. The first-order chi connectivity index (χ1) is 12.7. The third-order valence-electron chi connectivity index (χ3n) is 4.89. The maximum absolute atomic E-state index is 5.40. The number of ether oxygens (including phenoxy) is 1. The Morgan fingerprint density at radius 3 is 2.48 bits per heavy atom. The van der Waals surface area contributed by atoms with Crippen LogP contribution in [0.3, 0.4) is 0 Å². The highest BCUT2D eigenvalue weighted by molar-refractivity contribution is 14.0. The Hall–Kier alpha value is -1.06. The van der Waals surface area contributed by atoms with Crippen LogP contribution in [0.15, 0.2) is 29.3 Å². The molecule has 27 heavy (non-hydrogen) atoms. The number of hydrogen-bond donors (Lipinski definition) is 2. The van der Waals surface area contributed by atoms with Gasteiger partial charge in [0, 0.05) is 46.3 Å². The molecule has 6 nitrogen and oxygen atoms in total. The van der Waals surface area contributed by atoms with Crippen LogP contribution in [-0.2, 0) is 6.42 Å². The number of benzene rings is 1. The lowest BCUT2D eigenvalue weighted by atomic mass is 10.1. The Morgan fingerprint density at radius 2 is 1.78 bits per heavy atom. The number of unbranched alkanes of at least 4 members (excludes halogenated alkanes) is 1. The molecule has 0 amide bonds. The average molecular weight is 489 g/mol. The predicted molar refractivity (Wildman–Crippen MR) is 125 cm³/mol. The number of aliphatic imine (C=N–C) groups is 1. The van der Waals surface area contributed by atoms with Gasteiger partial charge in [-0.1, -0.05) is 18.2 Å². The number of likely N-dealkylation sites (N-methyl/N-ethyl adjacent to an activating group) is 1. The lowest BCUT2D eigenvalue weighted by Gasteiger charge is -2.32. The van der Waals surface area contributed by atoms with Gasteiger partial charge < -0.3 is 25.2 Å². The second kappa shape index (κ2) is 14.0. The summed E-state index contributed by atoms with van der Waals surface area (Å²) >= 11 is 0. The van der Waals surface area contributed by atoms with Crippen LogP contribution in [0.4, 0.5) is 0 Å². The van der Waals surface area contributed by atoms with Gasteiger partial charge in [-0.05, 0) is 44.5 Å². The zero-order valence-electron chi connectivity index (χ0n) is 17.0. The van der Waals surface area contributed by atoms with E-state index in [2.05, 4.69) is 38.5 Å². The predicted octanol–water partition coefficient (Wildman–Crippen LogP) is 2.05. The monoisotopic (exact) mass is 489 g/mol. The molecule has 1 aromatic rings. The molecule has 1 saturated heterocycles. The van der Waals surface area contributed by atoms with E-state index < -0.39 is 0 Å². The number of halogens is 1. The SMILES string of the molecule is CN=C(NCCCCN1CCN(C)CC1)NCCc1ccccc1OC.I. The molecule has 0 saturated carbocycles. The summed E-state index contributed by atoms with van der Waals surface area (Å²) in [4.78, 5) is 9.28. The fourth-order valence-corrected chi connectivity index (χ4v) is 3.18. The molecule has 1 heterocycles. The summed E-state index contributed by atoms with van der Waals surface area (Å²) in [5, 5.41) is 6.79. The molecular formula is C20H36IN5O. The maximum atomic E-state index is 5.40. The van der Waals surface area contributed by atoms with Gasteiger partial charge in [0.1, 0.15) is 5.75 Å². The van der Waals surface area contributed by atoms with Crippen molar-refractivity contribution in [1.29, 1.82) is 0 Å². The van der Waals surface area contributed by atoms with Crippen LogP contribution in [0.2, 0.25) is 0 Å². The number of nitrogens with zero attached hydrogens (tertiary/aromatic N) is 3. The minimum atomic E-state index is 0.